The van der Waals surface area contributed by atoms with E-state index in [-0.39, 0.29) is 0 Å². The van der Waals surface area contributed by atoms with Gasteiger partial charge in [-0.15, -0.1) is 0 Å². The number of nitrogens with zero attached hydrogens (tertiary/aromatic N) is 1. The van der Waals surface area contributed by atoms with Gasteiger partial charge >= 0.3 is 0 Å². The first-order chi connectivity index (χ1) is 8.61. The molecule has 0 aromatic heterocycles. The van der Waals surface area contributed by atoms with Crippen molar-refractivity contribution in [1.82, 2.24) is 0 Å². The van der Waals surface area contributed by atoms with Crippen molar-refractivity contribution in [1.29, 1.82) is 0 Å². The van der Waals surface area contributed by atoms with Gasteiger partial charge in [-0.3, -0.25) is 4.79 Å². The van der Waals surface area contributed by atoms with Crippen LogP contribution in [0, 0.1) is 12.8 Å². The lowest BCUT2D eigenvalue weighted by Gasteiger charge is -2.35. The van der Waals surface area contributed by atoms with E-state index in [1.54, 1.807) is 0 Å². The summed E-state index contributed by atoms with van der Waals surface area (Å²) >= 11 is 0. The van der Waals surface area contributed by atoms with Gasteiger partial charge in [0.1, 0.15) is 0 Å². The molecule has 0 radical (unpaired) electrons. The van der Waals surface area contributed by atoms with Crippen LogP contribution in [0.1, 0.15) is 48.5 Å². The topological polar surface area (TPSA) is 20.3 Å². The number of carbonyl (C=O) groups excluding carboxylic acids is 1. The minimum Gasteiger partial charge on any atom is -0.371 e. The van der Waals surface area contributed by atoms with E-state index in [9.17, 15) is 4.79 Å². The molecule has 2 heteroatoms. The molecule has 1 aromatic carbocycles. The Morgan fingerprint density at radius 1 is 1.22 bits per heavy atom. The third-order valence-electron chi connectivity index (χ3n) is 4.22. The van der Waals surface area contributed by atoms with E-state index >= 15 is 0 Å². The minimum absolute atomic E-state index is 0.586. The number of benzene rings is 1. The van der Waals surface area contributed by atoms with Crippen molar-refractivity contribution in [2.24, 2.45) is 5.92 Å². The van der Waals surface area contributed by atoms with Crippen LogP contribution in [0.25, 0.3) is 0 Å². The van der Waals surface area contributed by atoms with Crippen molar-refractivity contribution < 1.29 is 4.79 Å². The fourth-order valence-electron chi connectivity index (χ4n) is 2.92. The van der Waals surface area contributed by atoms with Gasteiger partial charge < -0.3 is 4.90 Å². The predicted molar refractivity (Wildman–Crippen MR) is 76.4 cm³/mol. The molecule has 0 saturated heterocycles. The molecular formula is C16H23NO. The van der Waals surface area contributed by atoms with Gasteiger partial charge in [0.05, 0.1) is 0 Å². The highest BCUT2D eigenvalue weighted by Crippen LogP contribution is 2.30. The molecule has 0 unspecified atom stereocenters. The van der Waals surface area contributed by atoms with Crippen LogP contribution >= 0.6 is 0 Å². The molecule has 0 spiro atoms. The Bertz CT molecular complexity index is 419. The van der Waals surface area contributed by atoms with Gasteiger partial charge in [0.2, 0.25) is 0 Å². The molecule has 1 fully saturated rings. The van der Waals surface area contributed by atoms with Crippen molar-refractivity contribution in [3.05, 3.63) is 29.3 Å². The number of aryl methyl sites for hydroxylation is 1. The number of hydrogen-bond acceptors (Lipinski definition) is 2. The second-order valence-electron chi connectivity index (χ2n) is 5.70. The third kappa shape index (κ3) is 2.74. The standard InChI is InChI=1S/C16H23NO/c1-12-4-7-15(8-5-12)17(3)16-9-6-13(2)10-14(16)11-18/h6,9-12,15H,4-5,7-8H2,1-3H3. The molecule has 0 atom stereocenters. The predicted octanol–water partition coefficient (Wildman–Crippen LogP) is 3.82. The summed E-state index contributed by atoms with van der Waals surface area (Å²) in [6.07, 6.45) is 6.06. The Hall–Kier alpha value is -1.31. The van der Waals surface area contributed by atoms with Crippen LogP contribution in [0.2, 0.25) is 0 Å². The normalized spacial score (nSPS) is 23.7. The number of aldehydes is 1. The molecule has 1 aromatic rings. The fourth-order valence-corrected chi connectivity index (χ4v) is 2.92. The lowest BCUT2D eigenvalue weighted by Crippen LogP contribution is -2.35. The Balaban J connectivity index is 2.17. The van der Waals surface area contributed by atoms with Crippen molar-refractivity contribution in [2.75, 3.05) is 11.9 Å². The highest BCUT2D eigenvalue weighted by Gasteiger charge is 2.23. The zero-order valence-electron chi connectivity index (χ0n) is 11.6. The first-order valence-corrected chi connectivity index (χ1v) is 6.90. The molecule has 0 heterocycles. The van der Waals surface area contributed by atoms with Crippen LogP contribution < -0.4 is 4.90 Å². The smallest absolute Gasteiger partial charge is 0.152 e. The van der Waals surface area contributed by atoms with Gasteiger partial charge in [-0.2, -0.15) is 0 Å². The minimum atomic E-state index is 0.586. The van der Waals surface area contributed by atoms with Gasteiger partial charge in [0.25, 0.3) is 0 Å². The summed E-state index contributed by atoms with van der Waals surface area (Å²) in [4.78, 5) is 13.5. The molecule has 18 heavy (non-hydrogen) atoms. The molecule has 0 N–H and O–H groups in total. The van der Waals surface area contributed by atoms with Crippen LogP contribution in [0.15, 0.2) is 18.2 Å². The highest BCUT2D eigenvalue weighted by molar-refractivity contribution is 5.85. The van der Waals surface area contributed by atoms with E-state index in [1.807, 2.05) is 13.0 Å². The van der Waals surface area contributed by atoms with Crippen molar-refractivity contribution in [2.45, 2.75) is 45.6 Å². The summed E-state index contributed by atoms with van der Waals surface area (Å²) < 4.78 is 0. The summed E-state index contributed by atoms with van der Waals surface area (Å²) in [5, 5.41) is 0. The Morgan fingerprint density at radius 2 is 1.89 bits per heavy atom. The van der Waals surface area contributed by atoms with Crippen LogP contribution in [0.3, 0.4) is 0 Å². The van der Waals surface area contributed by atoms with E-state index < -0.39 is 0 Å². The van der Waals surface area contributed by atoms with Crippen molar-refractivity contribution in [3.63, 3.8) is 0 Å². The second kappa shape index (κ2) is 5.55. The fraction of sp³-hybridized carbons (Fsp3) is 0.562. The highest BCUT2D eigenvalue weighted by atomic mass is 16.1. The molecule has 0 amide bonds. The average Bonchev–Trinajstić information content (AvgIpc) is 2.38. The Kier molecular flexibility index (Phi) is 4.05. The second-order valence-corrected chi connectivity index (χ2v) is 5.70. The van der Waals surface area contributed by atoms with E-state index in [2.05, 4.69) is 31.0 Å². The molecule has 1 aliphatic carbocycles. The van der Waals surface area contributed by atoms with Gasteiger partial charge in [-0.25, -0.2) is 0 Å². The first kappa shape index (κ1) is 13.1. The Labute approximate surface area is 110 Å². The molecule has 2 rings (SSSR count). The maximum atomic E-state index is 11.2. The quantitative estimate of drug-likeness (QED) is 0.754. The van der Waals surface area contributed by atoms with Gasteiger partial charge in [-0.05, 0) is 50.7 Å². The summed E-state index contributed by atoms with van der Waals surface area (Å²) in [5.74, 6) is 0.859. The number of rotatable bonds is 3. The van der Waals surface area contributed by atoms with Crippen molar-refractivity contribution >= 4 is 12.0 Å². The van der Waals surface area contributed by atoms with E-state index in [4.69, 9.17) is 0 Å². The molecule has 98 valence electrons. The number of carbonyl (C=O) groups is 1. The van der Waals surface area contributed by atoms with Crippen molar-refractivity contribution in [3.8, 4) is 0 Å². The largest absolute Gasteiger partial charge is 0.371 e. The zero-order valence-corrected chi connectivity index (χ0v) is 11.6. The number of anilines is 1. The van der Waals surface area contributed by atoms with Gasteiger partial charge in [0, 0.05) is 24.3 Å². The molecule has 2 nitrogen and oxygen atoms in total. The molecular weight excluding hydrogens is 222 g/mol. The summed E-state index contributed by atoms with van der Waals surface area (Å²) in [7, 11) is 2.12. The Morgan fingerprint density at radius 3 is 2.50 bits per heavy atom. The summed E-state index contributed by atoms with van der Waals surface area (Å²) in [6.45, 7) is 4.36. The monoisotopic (exact) mass is 245 g/mol. The van der Waals surface area contributed by atoms with Crippen LogP contribution in [0.5, 0.6) is 0 Å². The molecule has 1 saturated carbocycles. The average molecular weight is 245 g/mol. The maximum absolute atomic E-state index is 11.2. The van der Waals surface area contributed by atoms with E-state index in [0.29, 0.717) is 6.04 Å². The van der Waals surface area contributed by atoms with Crippen LogP contribution in [-0.4, -0.2) is 19.4 Å². The molecule has 0 aliphatic heterocycles. The number of hydrogen-bond donors (Lipinski definition) is 0. The van der Waals surface area contributed by atoms with Crippen LogP contribution in [-0.2, 0) is 0 Å². The molecule has 0 bridgehead atoms. The lowest BCUT2D eigenvalue weighted by atomic mass is 9.86. The first-order valence-electron chi connectivity index (χ1n) is 6.90. The van der Waals surface area contributed by atoms with Crippen LogP contribution in [0.4, 0.5) is 5.69 Å². The van der Waals surface area contributed by atoms with Gasteiger partial charge in [-0.1, -0.05) is 18.6 Å². The van der Waals surface area contributed by atoms with Gasteiger partial charge in [0.15, 0.2) is 6.29 Å². The maximum Gasteiger partial charge on any atom is 0.152 e. The zero-order chi connectivity index (χ0) is 13.1. The third-order valence-corrected chi connectivity index (χ3v) is 4.22. The van der Waals surface area contributed by atoms with E-state index in [0.717, 1.165) is 29.0 Å². The lowest BCUT2D eigenvalue weighted by molar-refractivity contribution is 0.112. The SMILES string of the molecule is Cc1ccc(N(C)C2CCC(C)CC2)c(C=O)c1. The molecule has 1 aliphatic rings. The van der Waals surface area contributed by atoms with E-state index in [1.165, 1.54) is 25.7 Å². The summed E-state index contributed by atoms with van der Waals surface area (Å²) in [5.41, 5.74) is 3.04. The summed E-state index contributed by atoms with van der Waals surface area (Å²) in [6, 6.07) is 6.73.